The van der Waals surface area contributed by atoms with Crippen LogP contribution in [0.3, 0.4) is 0 Å². The zero-order chi connectivity index (χ0) is 15.2. The van der Waals surface area contributed by atoms with Gasteiger partial charge in [-0.05, 0) is 24.6 Å². The molecule has 1 atom stereocenters. The fourth-order valence-corrected chi connectivity index (χ4v) is 2.26. The van der Waals surface area contributed by atoms with Crippen LogP contribution in [-0.4, -0.2) is 31.1 Å². The largest absolute Gasteiger partial charge is 0.336 e. The number of urea groups is 1. The molecule has 2 rings (SSSR count). The molecule has 1 unspecified atom stereocenters. The Labute approximate surface area is 124 Å². The van der Waals surface area contributed by atoms with Gasteiger partial charge in [-0.2, -0.15) is 0 Å². The molecule has 0 aliphatic carbocycles. The Morgan fingerprint density at radius 3 is 3.00 bits per heavy atom. The van der Waals surface area contributed by atoms with E-state index in [1.165, 1.54) is 0 Å². The second-order valence-corrected chi connectivity index (χ2v) is 5.17. The van der Waals surface area contributed by atoms with Crippen molar-refractivity contribution in [1.29, 1.82) is 0 Å². The van der Waals surface area contributed by atoms with Crippen molar-refractivity contribution in [2.45, 2.75) is 32.2 Å². The summed E-state index contributed by atoms with van der Waals surface area (Å²) in [4.78, 5) is 25.3. The summed E-state index contributed by atoms with van der Waals surface area (Å²) in [6.45, 7) is 3.33. The second-order valence-electron chi connectivity index (χ2n) is 5.17. The van der Waals surface area contributed by atoms with Crippen LogP contribution in [0.15, 0.2) is 24.3 Å². The van der Waals surface area contributed by atoms with Gasteiger partial charge in [0.15, 0.2) is 0 Å². The lowest BCUT2D eigenvalue weighted by atomic mass is 10.1. The number of unbranched alkanes of at least 4 members (excludes halogenated alkanes) is 1. The van der Waals surface area contributed by atoms with Crippen molar-refractivity contribution in [1.82, 2.24) is 5.32 Å². The van der Waals surface area contributed by atoms with Crippen LogP contribution in [0, 0.1) is 0 Å². The maximum atomic E-state index is 12.0. The van der Waals surface area contributed by atoms with Gasteiger partial charge in [-0.1, -0.05) is 25.8 Å². The van der Waals surface area contributed by atoms with E-state index < -0.39 is 6.04 Å². The molecular formula is C15H22N4O2. The number of anilines is 2. The molecule has 1 aromatic carbocycles. The van der Waals surface area contributed by atoms with E-state index in [1.807, 2.05) is 12.1 Å². The number of carbonyl (C=O) groups excluding carboxylic acids is 2. The number of nitrogens with zero attached hydrogens (tertiary/aromatic N) is 1. The van der Waals surface area contributed by atoms with Gasteiger partial charge in [0.2, 0.25) is 5.91 Å². The lowest BCUT2D eigenvalue weighted by Gasteiger charge is -2.16. The minimum atomic E-state index is -0.497. The molecule has 1 saturated heterocycles. The monoisotopic (exact) mass is 290 g/mol. The lowest BCUT2D eigenvalue weighted by Crippen LogP contribution is -2.35. The first-order valence-electron chi connectivity index (χ1n) is 7.33. The van der Waals surface area contributed by atoms with Crippen LogP contribution in [0.2, 0.25) is 0 Å². The SMILES string of the molecule is CCCCC(N)C(=O)Nc1cccc(N2CCNC2=O)c1. The van der Waals surface area contributed by atoms with Crippen molar-refractivity contribution in [3.05, 3.63) is 24.3 Å². The first-order chi connectivity index (χ1) is 10.1. The van der Waals surface area contributed by atoms with E-state index in [9.17, 15) is 9.59 Å². The molecule has 1 heterocycles. The van der Waals surface area contributed by atoms with Gasteiger partial charge in [-0.25, -0.2) is 4.79 Å². The van der Waals surface area contributed by atoms with Crippen LogP contribution in [0.1, 0.15) is 26.2 Å². The van der Waals surface area contributed by atoms with E-state index in [0.29, 0.717) is 25.2 Å². The summed E-state index contributed by atoms with van der Waals surface area (Å²) < 4.78 is 0. The zero-order valence-corrected chi connectivity index (χ0v) is 12.3. The van der Waals surface area contributed by atoms with Crippen LogP contribution >= 0.6 is 0 Å². The third-order valence-electron chi connectivity index (χ3n) is 3.49. The molecule has 21 heavy (non-hydrogen) atoms. The van der Waals surface area contributed by atoms with E-state index in [1.54, 1.807) is 17.0 Å². The quantitative estimate of drug-likeness (QED) is 0.744. The summed E-state index contributed by atoms with van der Waals surface area (Å²) in [6.07, 6.45) is 2.62. The minimum Gasteiger partial charge on any atom is -0.336 e. The molecule has 0 radical (unpaired) electrons. The summed E-state index contributed by atoms with van der Waals surface area (Å²) in [7, 11) is 0. The molecule has 0 aromatic heterocycles. The van der Waals surface area contributed by atoms with Gasteiger partial charge >= 0.3 is 6.03 Å². The first-order valence-corrected chi connectivity index (χ1v) is 7.33. The number of hydrogen-bond donors (Lipinski definition) is 3. The normalized spacial score (nSPS) is 15.7. The van der Waals surface area contributed by atoms with E-state index in [-0.39, 0.29) is 11.9 Å². The van der Waals surface area contributed by atoms with Crippen molar-refractivity contribution in [3.63, 3.8) is 0 Å². The summed E-state index contributed by atoms with van der Waals surface area (Å²) in [6, 6.07) is 6.63. The second kappa shape index (κ2) is 7.08. The smallest absolute Gasteiger partial charge is 0.321 e. The summed E-state index contributed by atoms with van der Waals surface area (Å²) in [5, 5.41) is 5.56. The fraction of sp³-hybridized carbons (Fsp3) is 0.467. The number of benzene rings is 1. The molecule has 6 heteroatoms. The number of nitrogens with two attached hydrogens (primary N) is 1. The van der Waals surface area contributed by atoms with Crippen molar-refractivity contribution in [2.75, 3.05) is 23.3 Å². The average Bonchev–Trinajstić information content (AvgIpc) is 2.91. The van der Waals surface area contributed by atoms with Gasteiger partial charge in [0.05, 0.1) is 6.04 Å². The lowest BCUT2D eigenvalue weighted by molar-refractivity contribution is -0.117. The Hall–Kier alpha value is -2.08. The molecule has 1 aliphatic heterocycles. The summed E-state index contributed by atoms with van der Waals surface area (Å²) in [5.74, 6) is -0.188. The maximum absolute atomic E-state index is 12.0. The van der Waals surface area contributed by atoms with Gasteiger partial charge in [0, 0.05) is 24.5 Å². The van der Waals surface area contributed by atoms with Crippen molar-refractivity contribution in [2.24, 2.45) is 5.73 Å². The Bertz CT molecular complexity index is 518. The molecule has 6 nitrogen and oxygen atoms in total. The fourth-order valence-electron chi connectivity index (χ4n) is 2.26. The van der Waals surface area contributed by atoms with Gasteiger partial charge < -0.3 is 16.4 Å². The Kier molecular flexibility index (Phi) is 5.16. The Balaban J connectivity index is 2.01. The summed E-state index contributed by atoms with van der Waals surface area (Å²) >= 11 is 0. The van der Waals surface area contributed by atoms with Crippen LogP contribution in [0.4, 0.5) is 16.2 Å². The van der Waals surface area contributed by atoms with Gasteiger partial charge in [0.25, 0.3) is 0 Å². The van der Waals surface area contributed by atoms with E-state index in [2.05, 4.69) is 17.6 Å². The number of rotatable bonds is 6. The van der Waals surface area contributed by atoms with Crippen LogP contribution in [0.5, 0.6) is 0 Å². The van der Waals surface area contributed by atoms with E-state index >= 15 is 0 Å². The molecule has 114 valence electrons. The minimum absolute atomic E-state index is 0.113. The number of carbonyl (C=O) groups is 2. The highest BCUT2D eigenvalue weighted by Crippen LogP contribution is 2.21. The van der Waals surface area contributed by atoms with Crippen molar-refractivity contribution >= 4 is 23.3 Å². The van der Waals surface area contributed by atoms with Crippen LogP contribution < -0.4 is 21.3 Å². The van der Waals surface area contributed by atoms with E-state index in [4.69, 9.17) is 5.73 Å². The molecule has 1 aliphatic rings. The first kappa shape index (κ1) is 15.3. The molecular weight excluding hydrogens is 268 g/mol. The predicted molar refractivity (Wildman–Crippen MR) is 83.3 cm³/mol. The molecule has 3 amide bonds. The van der Waals surface area contributed by atoms with Crippen LogP contribution in [-0.2, 0) is 4.79 Å². The van der Waals surface area contributed by atoms with Gasteiger partial charge in [0.1, 0.15) is 0 Å². The topological polar surface area (TPSA) is 87.5 Å². The zero-order valence-electron chi connectivity index (χ0n) is 12.3. The maximum Gasteiger partial charge on any atom is 0.321 e. The highest BCUT2D eigenvalue weighted by atomic mass is 16.2. The average molecular weight is 290 g/mol. The third-order valence-corrected chi connectivity index (χ3v) is 3.49. The number of hydrogen-bond acceptors (Lipinski definition) is 3. The number of nitrogens with one attached hydrogen (secondary N) is 2. The molecule has 0 spiro atoms. The molecule has 4 N–H and O–H groups in total. The van der Waals surface area contributed by atoms with Gasteiger partial charge in [-0.3, -0.25) is 9.69 Å². The van der Waals surface area contributed by atoms with Crippen molar-refractivity contribution in [3.8, 4) is 0 Å². The Morgan fingerprint density at radius 1 is 1.52 bits per heavy atom. The standard InChI is InChI=1S/C15H22N4O2/c1-2-3-7-13(16)14(20)18-11-5-4-6-12(10-11)19-9-8-17-15(19)21/h4-6,10,13H,2-3,7-9,16H2,1H3,(H,17,21)(H,18,20). The predicted octanol–water partition coefficient (Wildman–Crippen LogP) is 1.67. The molecule has 0 saturated carbocycles. The third kappa shape index (κ3) is 3.95. The van der Waals surface area contributed by atoms with Crippen molar-refractivity contribution < 1.29 is 9.59 Å². The van der Waals surface area contributed by atoms with Gasteiger partial charge in [-0.15, -0.1) is 0 Å². The van der Waals surface area contributed by atoms with E-state index in [0.717, 1.165) is 18.5 Å². The highest BCUT2D eigenvalue weighted by molar-refractivity contribution is 5.97. The molecule has 1 aromatic rings. The Morgan fingerprint density at radius 2 is 2.33 bits per heavy atom. The molecule has 1 fully saturated rings. The van der Waals surface area contributed by atoms with Crippen LogP contribution in [0.25, 0.3) is 0 Å². The molecule has 0 bridgehead atoms. The highest BCUT2D eigenvalue weighted by Gasteiger charge is 2.21. The summed E-state index contributed by atoms with van der Waals surface area (Å²) in [5.41, 5.74) is 7.27. The number of amides is 3.